The SMILES string of the molecule is CCN1c2ccc(/C=N/NC(=O)c3ccccc3Br)cc2C(C)=CC1(C)C. The highest BCUT2D eigenvalue weighted by atomic mass is 79.9. The molecule has 4 nitrogen and oxygen atoms in total. The number of carbonyl (C=O) groups excluding carboxylic acids is 1. The number of rotatable bonds is 4. The molecule has 1 N–H and O–H groups in total. The van der Waals surface area contributed by atoms with Crippen LogP contribution < -0.4 is 10.3 Å². The van der Waals surface area contributed by atoms with Crippen LogP contribution in [0.3, 0.4) is 0 Å². The number of likely N-dealkylation sites (N-methyl/N-ethyl adjacent to an activating group) is 1. The van der Waals surface area contributed by atoms with E-state index in [2.05, 4.69) is 77.3 Å². The van der Waals surface area contributed by atoms with Crippen LogP contribution >= 0.6 is 15.9 Å². The van der Waals surface area contributed by atoms with Crippen LogP contribution in [0.5, 0.6) is 0 Å². The van der Waals surface area contributed by atoms with Crippen LogP contribution in [0.4, 0.5) is 5.69 Å². The van der Waals surface area contributed by atoms with E-state index in [9.17, 15) is 4.79 Å². The lowest BCUT2D eigenvalue weighted by atomic mass is 9.88. The zero-order chi connectivity index (χ0) is 19.6. The van der Waals surface area contributed by atoms with E-state index in [-0.39, 0.29) is 11.4 Å². The lowest BCUT2D eigenvalue weighted by Crippen LogP contribution is -2.44. The molecule has 5 heteroatoms. The van der Waals surface area contributed by atoms with E-state index >= 15 is 0 Å². The predicted molar refractivity (Wildman–Crippen MR) is 116 cm³/mol. The molecule has 0 atom stereocenters. The van der Waals surface area contributed by atoms with E-state index in [1.165, 1.54) is 16.8 Å². The summed E-state index contributed by atoms with van der Waals surface area (Å²) >= 11 is 3.38. The number of nitrogens with zero attached hydrogens (tertiary/aromatic N) is 2. The minimum absolute atomic E-state index is 0.00150. The van der Waals surface area contributed by atoms with Crippen molar-refractivity contribution in [2.75, 3.05) is 11.4 Å². The van der Waals surface area contributed by atoms with E-state index in [0.29, 0.717) is 5.56 Å². The number of benzene rings is 2. The van der Waals surface area contributed by atoms with Crippen molar-refractivity contribution in [2.45, 2.75) is 33.2 Å². The molecular weight excluding hydrogens is 402 g/mol. The third-order valence-electron chi connectivity index (χ3n) is 4.82. The van der Waals surface area contributed by atoms with Crippen LogP contribution in [0.2, 0.25) is 0 Å². The maximum Gasteiger partial charge on any atom is 0.272 e. The Labute approximate surface area is 169 Å². The van der Waals surface area contributed by atoms with Gasteiger partial charge in [-0.25, -0.2) is 5.43 Å². The monoisotopic (exact) mass is 425 g/mol. The first-order chi connectivity index (χ1) is 12.8. The molecule has 1 amide bonds. The van der Waals surface area contributed by atoms with Crippen molar-refractivity contribution in [3.05, 3.63) is 69.7 Å². The van der Waals surface area contributed by atoms with Crippen LogP contribution in [0.1, 0.15) is 49.2 Å². The summed E-state index contributed by atoms with van der Waals surface area (Å²) in [5.41, 5.74) is 7.79. The molecule has 0 fully saturated rings. The van der Waals surface area contributed by atoms with Gasteiger partial charge in [-0.2, -0.15) is 5.10 Å². The Morgan fingerprint density at radius 2 is 2.00 bits per heavy atom. The standard InChI is InChI=1S/C22H24BrN3O/c1-5-26-20-11-10-16(12-18(20)15(2)13-22(26,3)4)14-24-25-21(27)17-8-6-7-9-19(17)23/h6-14H,5H2,1-4H3,(H,25,27)/b24-14+. The summed E-state index contributed by atoms with van der Waals surface area (Å²) in [6.07, 6.45) is 3.98. The van der Waals surface area contributed by atoms with Crippen LogP contribution in [0, 0.1) is 0 Å². The molecule has 0 radical (unpaired) electrons. The normalized spacial score (nSPS) is 15.4. The molecule has 2 aromatic rings. The topological polar surface area (TPSA) is 44.7 Å². The average Bonchev–Trinajstić information content (AvgIpc) is 2.62. The predicted octanol–water partition coefficient (Wildman–Crippen LogP) is 5.23. The smallest absolute Gasteiger partial charge is 0.272 e. The van der Waals surface area contributed by atoms with Gasteiger partial charge >= 0.3 is 0 Å². The largest absolute Gasteiger partial charge is 0.363 e. The second kappa shape index (κ2) is 7.69. The summed E-state index contributed by atoms with van der Waals surface area (Å²) in [5, 5.41) is 4.12. The molecule has 0 saturated heterocycles. The number of carbonyl (C=O) groups is 1. The Bertz CT molecular complexity index is 931. The second-order valence-corrected chi connectivity index (χ2v) is 8.04. The number of halogens is 1. The molecule has 3 rings (SSSR count). The molecule has 2 aromatic carbocycles. The van der Waals surface area contributed by atoms with Crippen molar-refractivity contribution < 1.29 is 4.79 Å². The van der Waals surface area contributed by atoms with Crippen LogP contribution in [-0.4, -0.2) is 24.2 Å². The summed E-state index contributed by atoms with van der Waals surface area (Å²) < 4.78 is 0.745. The Morgan fingerprint density at radius 3 is 2.70 bits per heavy atom. The highest BCUT2D eigenvalue weighted by Gasteiger charge is 2.29. The van der Waals surface area contributed by atoms with Gasteiger partial charge in [0.15, 0.2) is 0 Å². The lowest BCUT2D eigenvalue weighted by molar-refractivity contribution is 0.0954. The fraction of sp³-hybridized carbons (Fsp3) is 0.273. The Morgan fingerprint density at radius 1 is 1.26 bits per heavy atom. The molecule has 0 bridgehead atoms. The number of hydrogen-bond acceptors (Lipinski definition) is 3. The fourth-order valence-electron chi connectivity index (χ4n) is 3.63. The quantitative estimate of drug-likeness (QED) is 0.537. The minimum Gasteiger partial charge on any atom is -0.363 e. The summed E-state index contributed by atoms with van der Waals surface area (Å²) in [7, 11) is 0. The van der Waals surface area contributed by atoms with Gasteiger partial charge in [0.2, 0.25) is 0 Å². The molecular formula is C22H24BrN3O. The zero-order valence-corrected chi connectivity index (χ0v) is 17.7. The molecule has 0 saturated carbocycles. The van der Waals surface area contributed by atoms with Gasteiger partial charge < -0.3 is 4.90 Å². The molecule has 1 aliphatic heterocycles. The summed E-state index contributed by atoms with van der Waals surface area (Å²) in [6, 6.07) is 13.6. The Hall–Kier alpha value is -2.40. The minimum atomic E-state index is -0.244. The van der Waals surface area contributed by atoms with Crippen LogP contribution in [-0.2, 0) is 0 Å². The molecule has 140 valence electrons. The molecule has 1 aliphatic rings. The first-order valence-electron chi connectivity index (χ1n) is 9.03. The van der Waals surface area contributed by atoms with Gasteiger partial charge in [-0.05, 0) is 79.0 Å². The van der Waals surface area contributed by atoms with E-state index in [1.54, 1.807) is 12.3 Å². The lowest BCUT2D eigenvalue weighted by Gasteiger charge is -2.42. The fourth-order valence-corrected chi connectivity index (χ4v) is 4.09. The van der Waals surface area contributed by atoms with Gasteiger partial charge in [0.05, 0.1) is 17.3 Å². The van der Waals surface area contributed by atoms with Crippen molar-refractivity contribution in [3.8, 4) is 0 Å². The van der Waals surface area contributed by atoms with Crippen molar-refractivity contribution in [1.29, 1.82) is 0 Å². The molecule has 0 spiro atoms. The zero-order valence-electron chi connectivity index (χ0n) is 16.1. The number of hydrogen-bond donors (Lipinski definition) is 1. The molecule has 0 aromatic heterocycles. The number of anilines is 1. The van der Waals surface area contributed by atoms with Crippen molar-refractivity contribution in [3.63, 3.8) is 0 Å². The second-order valence-electron chi connectivity index (χ2n) is 7.18. The number of nitrogens with one attached hydrogen (secondary N) is 1. The van der Waals surface area contributed by atoms with Gasteiger partial charge in [-0.3, -0.25) is 4.79 Å². The first-order valence-corrected chi connectivity index (χ1v) is 9.82. The summed E-state index contributed by atoms with van der Waals surface area (Å²) in [5.74, 6) is -0.244. The molecule has 1 heterocycles. The first kappa shape index (κ1) is 19.4. The average molecular weight is 426 g/mol. The van der Waals surface area contributed by atoms with E-state index in [1.807, 2.05) is 24.3 Å². The van der Waals surface area contributed by atoms with E-state index in [0.717, 1.165) is 16.6 Å². The number of allylic oxidation sites excluding steroid dienone is 1. The van der Waals surface area contributed by atoms with Crippen LogP contribution in [0.25, 0.3) is 5.57 Å². The third kappa shape index (κ3) is 3.98. The van der Waals surface area contributed by atoms with Gasteiger partial charge in [0, 0.05) is 22.3 Å². The molecule has 0 unspecified atom stereocenters. The van der Waals surface area contributed by atoms with Gasteiger partial charge in [-0.1, -0.05) is 24.3 Å². The number of amides is 1. The van der Waals surface area contributed by atoms with Crippen molar-refractivity contribution in [1.82, 2.24) is 5.43 Å². The van der Waals surface area contributed by atoms with Gasteiger partial charge in [0.1, 0.15) is 0 Å². The summed E-state index contributed by atoms with van der Waals surface area (Å²) in [6.45, 7) is 9.72. The van der Waals surface area contributed by atoms with Crippen LogP contribution in [0.15, 0.2) is 58.1 Å². The highest BCUT2D eigenvalue weighted by molar-refractivity contribution is 9.10. The maximum atomic E-state index is 12.2. The van der Waals surface area contributed by atoms with E-state index < -0.39 is 0 Å². The van der Waals surface area contributed by atoms with Crippen molar-refractivity contribution in [2.24, 2.45) is 5.10 Å². The van der Waals surface area contributed by atoms with Crippen molar-refractivity contribution >= 4 is 39.3 Å². The van der Waals surface area contributed by atoms with Gasteiger partial charge in [-0.15, -0.1) is 0 Å². The summed E-state index contributed by atoms with van der Waals surface area (Å²) in [4.78, 5) is 14.6. The maximum absolute atomic E-state index is 12.2. The molecule has 0 aliphatic carbocycles. The highest BCUT2D eigenvalue weighted by Crippen LogP contribution is 2.38. The Kier molecular flexibility index (Phi) is 5.51. The van der Waals surface area contributed by atoms with E-state index in [4.69, 9.17) is 0 Å². The van der Waals surface area contributed by atoms with Gasteiger partial charge in [0.25, 0.3) is 5.91 Å². The third-order valence-corrected chi connectivity index (χ3v) is 5.51. The molecule has 27 heavy (non-hydrogen) atoms. The number of fused-ring (bicyclic) bond motifs is 1. The Balaban J connectivity index is 1.80. The number of hydrazone groups is 1.